The van der Waals surface area contributed by atoms with E-state index in [9.17, 15) is 4.79 Å². The van der Waals surface area contributed by atoms with Crippen LogP contribution in [0.3, 0.4) is 0 Å². The van der Waals surface area contributed by atoms with Crippen molar-refractivity contribution in [1.29, 1.82) is 0 Å². The number of anilines is 1. The topological polar surface area (TPSA) is 78.3 Å². The minimum Gasteiger partial charge on any atom is -0.464 e. The Morgan fingerprint density at radius 1 is 1.40 bits per heavy atom. The summed E-state index contributed by atoms with van der Waals surface area (Å²) in [5, 5.41) is 0.823. The van der Waals surface area contributed by atoms with Gasteiger partial charge in [-0.25, -0.2) is 9.78 Å². The van der Waals surface area contributed by atoms with Crippen LogP contribution in [0.2, 0.25) is 0 Å². The second-order valence-corrected chi connectivity index (χ2v) is 7.26. The lowest BCUT2D eigenvalue weighted by molar-refractivity contribution is 0.0512. The summed E-state index contributed by atoms with van der Waals surface area (Å²) in [6.07, 6.45) is 6.61. The third kappa shape index (κ3) is 2.70. The number of carbonyl (C=O) groups is 1. The molecule has 0 amide bonds. The van der Waals surface area contributed by atoms with Gasteiger partial charge in [0.15, 0.2) is 0 Å². The first kappa shape index (κ1) is 16.1. The second kappa shape index (κ2) is 6.52. The number of rotatable bonds is 4. The van der Waals surface area contributed by atoms with E-state index in [0.29, 0.717) is 17.2 Å². The fourth-order valence-corrected chi connectivity index (χ4v) is 4.43. The van der Waals surface area contributed by atoms with Crippen LogP contribution < -0.4 is 5.73 Å². The van der Waals surface area contributed by atoms with Crippen molar-refractivity contribution in [3.63, 3.8) is 0 Å². The number of aromatic nitrogens is 1. The molecule has 0 radical (unpaired) electrons. The van der Waals surface area contributed by atoms with Crippen molar-refractivity contribution in [3.8, 4) is 11.3 Å². The Kier molecular flexibility index (Phi) is 4.21. The van der Waals surface area contributed by atoms with Crippen LogP contribution in [0.25, 0.3) is 21.5 Å². The van der Waals surface area contributed by atoms with Gasteiger partial charge >= 0.3 is 5.97 Å². The average molecular weight is 356 g/mol. The Bertz CT molecular complexity index is 928. The molecule has 5 nitrogen and oxygen atoms in total. The van der Waals surface area contributed by atoms with E-state index < -0.39 is 0 Å². The lowest BCUT2D eigenvalue weighted by Crippen LogP contribution is -2.08. The number of pyridine rings is 1. The lowest BCUT2D eigenvalue weighted by Gasteiger charge is -2.18. The summed E-state index contributed by atoms with van der Waals surface area (Å²) in [4.78, 5) is 18.4. The Labute approximate surface area is 149 Å². The number of hydrogen-bond donors (Lipinski definition) is 1. The molecule has 3 heterocycles. The lowest BCUT2D eigenvalue weighted by atomic mass is 9.89. The van der Waals surface area contributed by atoms with E-state index in [-0.39, 0.29) is 5.97 Å². The van der Waals surface area contributed by atoms with Crippen molar-refractivity contribution in [2.45, 2.75) is 39.0 Å². The standard InChI is InChI=1S/C19H20N2O3S/c1-2-9-24-19(22)17-16(20)15-14(13-8-5-10-23-13)11-6-3-4-7-12(11)21-18(15)25-17/h5,8,10H,2-4,6-7,9,20H2,1H3. The van der Waals surface area contributed by atoms with Crippen LogP contribution in [0.4, 0.5) is 5.69 Å². The molecule has 3 aromatic heterocycles. The number of nitrogen functional groups attached to an aromatic ring is 1. The van der Waals surface area contributed by atoms with Crippen molar-refractivity contribution >= 4 is 33.2 Å². The first-order valence-electron chi connectivity index (χ1n) is 8.65. The molecule has 0 unspecified atom stereocenters. The molecule has 25 heavy (non-hydrogen) atoms. The van der Waals surface area contributed by atoms with E-state index in [1.54, 1.807) is 6.26 Å². The Balaban J connectivity index is 1.96. The van der Waals surface area contributed by atoms with Crippen LogP contribution in [-0.4, -0.2) is 17.6 Å². The molecule has 4 rings (SSSR count). The zero-order valence-electron chi connectivity index (χ0n) is 14.1. The summed E-state index contributed by atoms with van der Waals surface area (Å²) in [6, 6.07) is 3.81. The van der Waals surface area contributed by atoms with E-state index in [1.165, 1.54) is 16.9 Å². The summed E-state index contributed by atoms with van der Waals surface area (Å²) in [6.45, 7) is 2.35. The minimum atomic E-state index is -0.370. The fourth-order valence-electron chi connectivity index (χ4n) is 3.41. The maximum Gasteiger partial charge on any atom is 0.350 e. The molecule has 130 valence electrons. The maximum absolute atomic E-state index is 12.4. The summed E-state index contributed by atoms with van der Waals surface area (Å²) in [5.74, 6) is 0.411. The van der Waals surface area contributed by atoms with E-state index in [2.05, 4.69) is 0 Å². The van der Waals surface area contributed by atoms with Crippen molar-refractivity contribution < 1.29 is 13.9 Å². The van der Waals surface area contributed by atoms with Crippen LogP contribution in [-0.2, 0) is 17.6 Å². The summed E-state index contributed by atoms with van der Waals surface area (Å²) in [5.41, 5.74) is 10.1. The van der Waals surface area contributed by atoms with Gasteiger partial charge < -0.3 is 14.9 Å². The van der Waals surface area contributed by atoms with Crippen LogP contribution in [0, 0.1) is 0 Å². The monoisotopic (exact) mass is 356 g/mol. The van der Waals surface area contributed by atoms with Crippen LogP contribution in [0.5, 0.6) is 0 Å². The minimum absolute atomic E-state index is 0.370. The van der Waals surface area contributed by atoms with Crippen LogP contribution in [0.1, 0.15) is 47.1 Å². The number of thiophene rings is 1. The predicted molar refractivity (Wildman–Crippen MR) is 98.9 cm³/mol. The molecule has 0 atom stereocenters. The van der Waals surface area contributed by atoms with Gasteiger partial charge in [0.05, 0.1) is 18.6 Å². The molecular formula is C19H20N2O3S. The highest BCUT2D eigenvalue weighted by atomic mass is 32.1. The van der Waals surface area contributed by atoms with E-state index in [1.807, 2.05) is 19.1 Å². The van der Waals surface area contributed by atoms with Crippen molar-refractivity contribution in [2.75, 3.05) is 12.3 Å². The molecule has 0 aliphatic heterocycles. The van der Waals surface area contributed by atoms with Gasteiger partial charge in [-0.2, -0.15) is 0 Å². The number of nitrogens with two attached hydrogens (primary N) is 1. The predicted octanol–water partition coefficient (Wildman–Crippen LogP) is 4.58. The number of esters is 1. The number of ether oxygens (including phenoxy) is 1. The van der Waals surface area contributed by atoms with Crippen LogP contribution in [0.15, 0.2) is 22.8 Å². The van der Waals surface area contributed by atoms with Gasteiger partial charge in [-0.3, -0.25) is 0 Å². The van der Waals surface area contributed by atoms with Crippen molar-refractivity contribution in [3.05, 3.63) is 34.5 Å². The highest BCUT2D eigenvalue weighted by Crippen LogP contribution is 2.44. The molecule has 3 aromatic rings. The highest BCUT2D eigenvalue weighted by Gasteiger charge is 2.27. The van der Waals surface area contributed by atoms with Gasteiger partial charge in [0.2, 0.25) is 0 Å². The summed E-state index contributed by atoms with van der Waals surface area (Å²) >= 11 is 1.31. The highest BCUT2D eigenvalue weighted by molar-refractivity contribution is 7.21. The molecule has 0 aromatic carbocycles. The molecule has 0 fully saturated rings. The zero-order valence-corrected chi connectivity index (χ0v) is 14.9. The maximum atomic E-state index is 12.4. The first-order chi connectivity index (χ1) is 12.2. The normalized spacial score (nSPS) is 13.8. The Morgan fingerprint density at radius 2 is 2.24 bits per heavy atom. The Hall–Kier alpha value is -2.34. The molecule has 2 N–H and O–H groups in total. The SMILES string of the molecule is CCCOC(=O)c1sc2nc3c(c(-c4ccco4)c2c1N)CCCC3. The zero-order chi connectivity index (χ0) is 17.4. The van der Waals surface area contributed by atoms with E-state index in [0.717, 1.165) is 59.3 Å². The average Bonchev–Trinajstić information content (AvgIpc) is 3.26. The molecule has 0 saturated heterocycles. The van der Waals surface area contributed by atoms with Gasteiger partial charge in [-0.1, -0.05) is 6.92 Å². The molecule has 0 spiro atoms. The fraction of sp³-hybridized carbons (Fsp3) is 0.368. The Morgan fingerprint density at radius 3 is 3.00 bits per heavy atom. The van der Waals surface area contributed by atoms with Crippen molar-refractivity contribution in [1.82, 2.24) is 4.98 Å². The van der Waals surface area contributed by atoms with Gasteiger partial charge in [0.25, 0.3) is 0 Å². The molecule has 0 bridgehead atoms. The van der Waals surface area contributed by atoms with Crippen molar-refractivity contribution in [2.24, 2.45) is 0 Å². The molecule has 6 heteroatoms. The van der Waals surface area contributed by atoms with E-state index >= 15 is 0 Å². The summed E-state index contributed by atoms with van der Waals surface area (Å²) < 4.78 is 11.0. The third-order valence-corrected chi connectivity index (χ3v) is 5.62. The third-order valence-electron chi connectivity index (χ3n) is 4.54. The number of hydrogen-bond acceptors (Lipinski definition) is 6. The van der Waals surface area contributed by atoms with Gasteiger partial charge in [0, 0.05) is 16.6 Å². The van der Waals surface area contributed by atoms with Gasteiger partial charge in [-0.15, -0.1) is 11.3 Å². The van der Waals surface area contributed by atoms with Gasteiger partial charge in [-0.05, 0) is 49.8 Å². The quantitative estimate of drug-likeness (QED) is 0.692. The summed E-state index contributed by atoms with van der Waals surface area (Å²) in [7, 11) is 0. The largest absolute Gasteiger partial charge is 0.464 e. The molecular weight excluding hydrogens is 336 g/mol. The number of aryl methyl sites for hydroxylation is 1. The molecule has 1 aliphatic carbocycles. The number of nitrogens with zero attached hydrogens (tertiary/aromatic N) is 1. The first-order valence-corrected chi connectivity index (χ1v) is 9.47. The molecule has 1 aliphatic rings. The smallest absolute Gasteiger partial charge is 0.350 e. The number of carbonyl (C=O) groups excluding carboxylic acids is 1. The number of furan rings is 1. The van der Waals surface area contributed by atoms with Crippen LogP contribution >= 0.6 is 11.3 Å². The second-order valence-electron chi connectivity index (χ2n) is 6.26. The molecule has 0 saturated carbocycles. The number of fused-ring (bicyclic) bond motifs is 2. The van der Waals surface area contributed by atoms with E-state index in [4.69, 9.17) is 19.9 Å². The van der Waals surface area contributed by atoms with Gasteiger partial charge in [0.1, 0.15) is 15.5 Å².